The number of nitrogens with two attached hydrogens (primary N) is 1. The van der Waals surface area contributed by atoms with Crippen LogP contribution in [0.4, 0.5) is 11.4 Å². The van der Waals surface area contributed by atoms with Gasteiger partial charge in [-0.3, -0.25) is 19.8 Å². The molecule has 3 aromatic carbocycles. The van der Waals surface area contributed by atoms with Gasteiger partial charge in [-0.1, -0.05) is 42.5 Å². The SMILES string of the molecule is NSc1ccc(C2(O)C(=O)N(c3cccc4cnccc34)c3ccccc32)cc1. The third kappa shape index (κ3) is 2.57. The lowest BCUT2D eigenvalue weighted by Gasteiger charge is -2.24. The van der Waals surface area contributed by atoms with Crippen LogP contribution >= 0.6 is 11.9 Å². The summed E-state index contributed by atoms with van der Waals surface area (Å²) in [6.45, 7) is 0. The van der Waals surface area contributed by atoms with Crippen LogP contribution in [-0.4, -0.2) is 16.0 Å². The molecule has 29 heavy (non-hydrogen) atoms. The Morgan fingerprint density at radius 1 is 0.931 bits per heavy atom. The molecule has 6 heteroatoms. The normalized spacial score (nSPS) is 18.3. The minimum absolute atomic E-state index is 0.406. The Bertz CT molecular complexity index is 1240. The van der Waals surface area contributed by atoms with E-state index in [1.165, 1.54) is 0 Å². The maximum Gasteiger partial charge on any atom is 0.273 e. The lowest BCUT2D eigenvalue weighted by Crippen LogP contribution is -2.39. The summed E-state index contributed by atoms with van der Waals surface area (Å²) < 4.78 is 0. The van der Waals surface area contributed by atoms with Crippen LogP contribution in [0.2, 0.25) is 0 Å². The number of para-hydroxylation sites is 1. The Balaban J connectivity index is 1.74. The number of aliphatic hydroxyl groups is 1. The van der Waals surface area contributed by atoms with E-state index in [2.05, 4.69) is 4.98 Å². The zero-order valence-electron chi connectivity index (χ0n) is 15.3. The van der Waals surface area contributed by atoms with E-state index in [0.29, 0.717) is 22.5 Å². The quantitative estimate of drug-likeness (QED) is 0.507. The monoisotopic (exact) mass is 399 g/mol. The van der Waals surface area contributed by atoms with Gasteiger partial charge in [-0.2, -0.15) is 0 Å². The highest BCUT2D eigenvalue weighted by molar-refractivity contribution is 7.97. The van der Waals surface area contributed by atoms with Crippen molar-refractivity contribution in [3.05, 3.63) is 96.3 Å². The number of fused-ring (bicyclic) bond motifs is 2. The summed E-state index contributed by atoms with van der Waals surface area (Å²) in [6, 6.07) is 22.1. The number of carbonyl (C=O) groups is 1. The first-order valence-electron chi connectivity index (χ1n) is 9.11. The molecule has 4 aromatic rings. The van der Waals surface area contributed by atoms with Gasteiger partial charge in [0.2, 0.25) is 0 Å². The van der Waals surface area contributed by atoms with Crippen molar-refractivity contribution in [2.45, 2.75) is 10.5 Å². The standard InChI is InChI=1S/C23H17N3O2S/c24-29-17-10-8-16(9-11-17)23(28)19-5-1-2-6-21(19)26(22(23)27)20-7-3-4-15-14-25-13-12-18(15)20/h1-14,28H,24H2. The van der Waals surface area contributed by atoms with E-state index in [9.17, 15) is 9.90 Å². The minimum Gasteiger partial charge on any atom is -0.372 e. The minimum atomic E-state index is -1.77. The van der Waals surface area contributed by atoms with Crippen LogP contribution in [0, 0.1) is 0 Å². The van der Waals surface area contributed by atoms with Crippen LogP contribution < -0.4 is 10.0 Å². The lowest BCUT2D eigenvalue weighted by atomic mass is 9.87. The first-order chi connectivity index (χ1) is 14.1. The first kappa shape index (κ1) is 17.9. The number of aromatic nitrogens is 1. The fourth-order valence-corrected chi connectivity index (χ4v) is 4.25. The summed E-state index contributed by atoms with van der Waals surface area (Å²) in [5.41, 5.74) is 0.680. The van der Waals surface area contributed by atoms with Crippen molar-refractivity contribution in [2.24, 2.45) is 5.14 Å². The summed E-state index contributed by atoms with van der Waals surface area (Å²) in [7, 11) is 0. The van der Waals surface area contributed by atoms with Gasteiger partial charge in [-0.25, -0.2) is 0 Å². The highest BCUT2D eigenvalue weighted by atomic mass is 32.2. The zero-order valence-corrected chi connectivity index (χ0v) is 16.1. The van der Waals surface area contributed by atoms with Gasteiger partial charge in [-0.05, 0) is 47.8 Å². The van der Waals surface area contributed by atoms with Crippen molar-refractivity contribution in [2.75, 3.05) is 4.90 Å². The summed E-state index contributed by atoms with van der Waals surface area (Å²) in [5.74, 6) is -0.406. The molecule has 0 bridgehead atoms. The number of benzene rings is 3. The number of nitrogens with zero attached hydrogens (tertiary/aromatic N) is 2. The third-order valence-corrected chi connectivity index (χ3v) is 5.90. The predicted octanol–water partition coefficient (Wildman–Crippen LogP) is 4.11. The van der Waals surface area contributed by atoms with Gasteiger partial charge in [0.05, 0.1) is 11.4 Å². The number of pyridine rings is 1. The highest BCUT2D eigenvalue weighted by Crippen LogP contribution is 2.48. The Morgan fingerprint density at radius 3 is 2.48 bits per heavy atom. The first-order valence-corrected chi connectivity index (χ1v) is 9.99. The van der Waals surface area contributed by atoms with Gasteiger partial charge in [0.1, 0.15) is 0 Å². The highest BCUT2D eigenvalue weighted by Gasteiger charge is 2.51. The molecule has 1 unspecified atom stereocenters. The maximum absolute atomic E-state index is 13.7. The Morgan fingerprint density at radius 2 is 1.69 bits per heavy atom. The van der Waals surface area contributed by atoms with E-state index in [-0.39, 0.29) is 0 Å². The third-order valence-electron chi connectivity index (χ3n) is 5.35. The molecule has 1 aliphatic heterocycles. The summed E-state index contributed by atoms with van der Waals surface area (Å²) in [4.78, 5) is 20.3. The molecule has 1 aliphatic rings. The van der Waals surface area contributed by atoms with Crippen molar-refractivity contribution in [3.8, 4) is 0 Å². The van der Waals surface area contributed by atoms with Crippen LogP contribution in [0.3, 0.4) is 0 Å². The molecule has 0 saturated carbocycles. The number of carbonyl (C=O) groups excluding carboxylic acids is 1. The molecule has 0 radical (unpaired) electrons. The van der Waals surface area contributed by atoms with E-state index in [4.69, 9.17) is 5.14 Å². The summed E-state index contributed by atoms with van der Waals surface area (Å²) >= 11 is 1.12. The van der Waals surface area contributed by atoms with E-state index < -0.39 is 11.5 Å². The molecule has 0 saturated heterocycles. The molecule has 142 valence electrons. The van der Waals surface area contributed by atoms with E-state index >= 15 is 0 Å². The fourth-order valence-electron chi connectivity index (χ4n) is 3.95. The molecule has 3 N–H and O–H groups in total. The second-order valence-corrected chi connectivity index (χ2v) is 7.59. The number of amides is 1. The van der Waals surface area contributed by atoms with Crippen molar-refractivity contribution in [1.82, 2.24) is 4.98 Å². The van der Waals surface area contributed by atoms with Crippen molar-refractivity contribution < 1.29 is 9.90 Å². The Kier molecular flexibility index (Phi) is 4.13. The average molecular weight is 399 g/mol. The van der Waals surface area contributed by atoms with E-state index in [0.717, 1.165) is 27.6 Å². The molecule has 0 spiro atoms. The molecule has 5 rings (SSSR count). The second kappa shape index (κ2) is 6.70. The molecule has 0 aliphatic carbocycles. The Hall–Kier alpha value is -3.19. The van der Waals surface area contributed by atoms with Gasteiger partial charge >= 0.3 is 0 Å². The molecule has 1 atom stereocenters. The smallest absolute Gasteiger partial charge is 0.273 e. The van der Waals surface area contributed by atoms with Crippen LogP contribution in [0.5, 0.6) is 0 Å². The topological polar surface area (TPSA) is 79.5 Å². The van der Waals surface area contributed by atoms with Crippen molar-refractivity contribution >= 4 is 40.0 Å². The predicted molar refractivity (Wildman–Crippen MR) is 115 cm³/mol. The fraction of sp³-hybridized carbons (Fsp3) is 0.0435. The molecule has 1 aromatic heterocycles. The van der Waals surface area contributed by atoms with Gasteiger partial charge < -0.3 is 5.11 Å². The molecule has 1 amide bonds. The second-order valence-electron chi connectivity index (χ2n) is 6.88. The van der Waals surface area contributed by atoms with Crippen LogP contribution in [0.25, 0.3) is 10.8 Å². The van der Waals surface area contributed by atoms with Crippen LogP contribution in [-0.2, 0) is 10.4 Å². The molecule has 2 heterocycles. The van der Waals surface area contributed by atoms with Crippen molar-refractivity contribution in [3.63, 3.8) is 0 Å². The van der Waals surface area contributed by atoms with Gasteiger partial charge in [0, 0.05) is 33.6 Å². The van der Waals surface area contributed by atoms with E-state index in [1.54, 1.807) is 47.6 Å². The Labute approximate surface area is 171 Å². The van der Waals surface area contributed by atoms with E-state index in [1.807, 2.05) is 42.5 Å². The molecular formula is C23H17N3O2S. The number of rotatable bonds is 3. The van der Waals surface area contributed by atoms with Crippen LogP contribution in [0.1, 0.15) is 11.1 Å². The maximum atomic E-state index is 13.7. The molecule has 5 nitrogen and oxygen atoms in total. The largest absolute Gasteiger partial charge is 0.372 e. The van der Waals surface area contributed by atoms with Crippen LogP contribution in [0.15, 0.2) is 90.1 Å². The number of hydrogen-bond donors (Lipinski definition) is 2. The zero-order chi connectivity index (χ0) is 20.0. The van der Waals surface area contributed by atoms with Gasteiger partial charge in [0.15, 0.2) is 5.60 Å². The lowest BCUT2D eigenvalue weighted by molar-refractivity contribution is -0.131. The molecular weight excluding hydrogens is 382 g/mol. The van der Waals surface area contributed by atoms with Crippen molar-refractivity contribution in [1.29, 1.82) is 0 Å². The molecule has 0 fully saturated rings. The summed E-state index contributed by atoms with van der Waals surface area (Å²) in [5, 5.41) is 19.1. The number of hydrogen-bond acceptors (Lipinski definition) is 5. The average Bonchev–Trinajstić information content (AvgIpc) is 3.01. The number of anilines is 2. The summed E-state index contributed by atoms with van der Waals surface area (Å²) in [6.07, 6.45) is 3.47. The van der Waals surface area contributed by atoms with Gasteiger partial charge in [0.25, 0.3) is 5.91 Å². The van der Waals surface area contributed by atoms with Gasteiger partial charge in [-0.15, -0.1) is 0 Å².